The van der Waals surface area contributed by atoms with Crippen LogP contribution in [0.5, 0.6) is 5.75 Å². The normalized spacial score (nSPS) is 10.8. The first kappa shape index (κ1) is 17.7. The molecule has 4 aromatic rings. The van der Waals surface area contributed by atoms with Gasteiger partial charge in [0.15, 0.2) is 0 Å². The average Bonchev–Trinajstić information content (AvgIpc) is 2.68. The van der Waals surface area contributed by atoms with E-state index in [1.54, 1.807) is 43.3 Å². The Balaban J connectivity index is 1.72. The Morgan fingerprint density at radius 2 is 1.68 bits per heavy atom. The Bertz CT molecular complexity index is 1240. The molecule has 0 spiro atoms. The zero-order valence-electron chi connectivity index (χ0n) is 15.6. The number of aryl methyl sites for hydroxylation is 2. The lowest BCUT2D eigenvalue weighted by Gasteiger charge is -2.09. The van der Waals surface area contributed by atoms with Crippen LogP contribution in [-0.4, -0.2) is 5.97 Å². The zero-order chi connectivity index (χ0) is 19.7. The van der Waals surface area contributed by atoms with Crippen molar-refractivity contribution in [3.63, 3.8) is 0 Å². The molecule has 0 saturated carbocycles. The maximum absolute atomic E-state index is 13.0. The lowest BCUT2D eigenvalue weighted by atomic mass is 10.0. The minimum Gasteiger partial charge on any atom is -0.460 e. The number of hydrogen-bond donors (Lipinski definition) is 0. The Hall–Kier alpha value is -3.66. The molecule has 4 nitrogen and oxygen atoms in total. The number of hydrogen-bond acceptors (Lipinski definition) is 4. The van der Waals surface area contributed by atoms with Crippen molar-refractivity contribution in [1.82, 2.24) is 0 Å². The van der Waals surface area contributed by atoms with E-state index >= 15 is 0 Å². The Labute approximate surface area is 162 Å². The topological polar surface area (TPSA) is 56.5 Å². The van der Waals surface area contributed by atoms with Crippen molar-refractivity contribution in [3.05, 3.63) is 99.9 Å². The highest BCUT2D eigenvalue weighted by Crippen LogP contribution is 2.26. The summed E-state index contributed by atoms with van der Waals surface area (Å²) in [5.74, 6) is 0.392. The molecule has 0 radical (unpaired) electrons. The number of rotatable bonds is 3. The molecule has 0 fully saturated rings. The van der Waals surface area contributed by atoms with Crippen LogP contribution in [0.15, 0.2) is 82.0 Å². The maximum atomic E-state index is 13.0. The molecule has 0 atom stereocenters. The van der Waals surface area contributed by atoms with Gasteiger partial charge in [0.1, 0.15) is 17.1 Å². The van der Waals surface area contributed by atoms with Crippen molar-refractivity contribution in [2.24, 2.45) is 0 Å². The second kappa shape index (κ2) is 7.16. The zero-order valence-corrected chi connectivity index (χ0v) is 15.6. The summed E-state index contributed by atoms with van der Waals surface area (Å²) in [6.07, 6.45) is 0. The summed E-state index contributed by atoms with van der Waals surface area (Å²) in [7, 11) is 0. The molecule has 28 heavy (non-hydrogen) atoms. The maximum Gasteiger partial charge on any atom is 0.343 e. The van der Waals surface area contributed by atoms with Gasteiger partial charge in [-0.3, -0.25) is 4.79 Å². The summed E-state index contributed by atoms with van der Waals surface area (Å²) in [4.78, 5) is 25.3. The highest BCUT2D eigenvalue weighted by molar-refractivity contribution is 5.92. The van der Waals surface area contributed by atoms with Gasteiger partial charge in [0.2, 0.25) is 5.43 Å². The summed E-state index contributed by atoms with van der Waals surface area (Å²) in [5, 5.41) is 0.444. The van der Waals surface area contributed by atoms with Gasteiger partial charge in [0.25, 0.3) is 0 Å². The first-order valence-electron chi connectivity index (χ1n) is 8.94. The first-order chi connectivity index (χ1) is 13.5. The second-order valence-electron chi connectivity index (χ2n) is 6.65. The van der Waals surface area contributed by atoms with Crippen LogP contribution in [-0.2, 0) is 0 Å². The lowest BCUT2D eigenvalue weighted by Crippen LogP contribution is -2.10. The smallest absolute Gasteiger partial charge is 0.343 e. The van der Waals surface area contributed by atoms with Crippen LogP contribution in [0.1, 0.15) is 21.7 Å². The predicted octanol–water partition coefficient (Wildman–Crippen LogP) is 5.30. The molecule has 3 aromatic carbocycles. The SMILES string of the molecule is Cc1cccc(C(=O)Oc2ccc3c(=O)c(-c4ccccc4)c(C)oc3c2)c1. The van der Waals surface area contributed by atoms with E-state index < -0.39 is 5.97 Å². The molecule has 0 saturated heterocycles. The van der Waals surface area contributed by atoms with Crippen molar-refractivity contribution < 1.29 is 13.9 Å². The van der Waals surface area contributed by atoms with E-state index in [1.165, 1.54) is 0 Å². The molecule has 4 heteroatoms. The Morgan fingerprint density at radius 1 is 0.893 bits per heavy atom. The number of fused-ring (bicyclic) bond motifs is 1. The van der Waals surface area contributed by atoms with Gasteiger partial charge in [0, 0.05) is 6.07 Å². The molecular formula is C24H18O4. The van der Waals surface area contributed by atoms with Gasteiger partial charge in [0.05, 0.1) is 16.5 Å². The largest absolute Gasteiger partial charge is 0.460 e. The summed E-state index contributed by atoms with van der Waals surface area (Å²) in [6.45, 7) is 3.67. The molecule has 0 N–H and O–H groups in total. The molecule has 138 valence electrons. The molecule has 0 unspecified atom stereocenters. The van der Waals surface area contributed by atoms with Crippen molar-refractivity contribution in [1.29, 1.82) is 0 Å². The number of carbonyl (C=O) groups is 1. The molecule has 0 bridgehead atoms. The van der Waals surface area contributed by atoms with Crippen LogP contribution in [0.3, 0.4) is 0 Å². The molecule has 0 aliphatic rings. The lowest BCUT2D eigenvalue weighted by molar-refractivity contribution is 0.0735. The highest BCUT2D eigenvalue weighted by Gasteiger charge is 2.15. The van der Waals surface area contributed by atoms with Crippen LogP contribution < -0.4 is 10.2 Å². The fourth-order valence-electron chi connectivity index (χ4n) is 3.23. The predicted molar refractivity (Wildman–Crippen MR) is 109 cm³/mol. The minimum absolute atomic E-state index is 0.110. The minimum atomic E-state index is -0.456. The summed E-state index contributed by atoms with van der Waals surface area (Å²) >= 11 is 0. The Kier molecular flexibility index (Phi) is 4.53. The van der Waals surface area contributed by atoms with Crippen LogP contribution in [0.25, 0.3) is 22.1 Å². The van der Waals surface area contributed by atoms with E-state index in [9.17, 15) is 9.59 Å². The summed E-state index contributed by atoms with van der Waals surface area (Å²) < 4.78 is 11.3. The van der Waals surface area contributed by atoms with Gasteiger partial charge in [-0.25, -0.2) is 4.79 Å². The van der Waals surface area contributed by atoms with Crippen molar-refractivity contribution in [2.45, 2.75) is 13.8 Å². The third-order valence-electron chi connectivity index (χ3n) is 4.57. The fourth-order valence-corrected chi connectivity index (χ4v) is 3.23. The molecule has 4 rings (SSSR count). The molecule has 0 aliphatic heterocycles. The van der Waals surface area contributed by atoms with Crippen LogP contribution in [0.4, 0.5) is 0 Å². The molecule has 0 amide bonds. The van der Waals surface area contributed by atoms with E-state index in [2.05, 4.69) is 0 Å². The van der Waals surface area contributed by atoms with E-state index in [1.807, 2.05) is 43.3 Å². The van der Waals surface area contributed by atoms with Crippen LogP contribution in [0.2, 0.25) is 0 Å². The molecule has 1 aromatic heterocycles. The number of carbonyl (C=O) groups excluding carboxylic acids is 1. The average molecular weight is 370 g/mol. The van der Waals surface area contributed by atoms with E-state index in [0.29, 0.717) is 33.6 Å². The van der Waals surface area contributed by atoms with E-state index in [-0.39, 0.29) is 5.43 Å². The van der Waals surface area contributed by atoms with Gasteiger partial charge in [-0.2, -0.15) is 0 Å². The number of benzene rings is 3. The van der Waals surface area contributed by atoms with Crippen LogP contribution in [0, 0.1) is 13.8 Å². The second-order valence-corrected chi connectivity index (χ2v) is 6.65. The van der Waals surface area contributed by atoms with Gasteiger partial charge in [-0.1, -0.05) is 48.0 Å². The molecule has 0 aliphatic carbocycles. The molecular weight excluding hydrogens is 352 g/mol. The summed E-state index contributed by atoms with van der Waals surface area (Å²) in [6, 6.07) is 21.4. The number of esters is 1. The summed E-state index contributed by atoms with van der Waals surface area (Å²) in [5.41, 5.74) is 3.07. The third kappa shape index (κ3) is 3.32. The van der Waals surface area contributed by atoms with Crippen molar-refractivity contribution in [3.8, 4) is 16.9 Å². The van der Waals surface area contributed by atoms with Crippen LogP contribution >= 0.6 is 0 Å². The van der Waals surface area contributed by atoms with Gasteiger partial charge in [-0.15, -0.1) is 0 Å². The monoisotopic (exact) mass is 370 g/mol. The number of ether oxygens (including phenoxy) is 1. The first-order valence-corrected chi connectivity index (χ1v) is 8.94. The van der Waals surface area contributed by atoms with Crippen molar-refractivity contribution in [2.75, 3.05) is 0 Å². The fraction of sp³-hybridized carbons (Fsp3) is 0.0833. The quantitative estimate of drug-likeness (QED) is 0.363. The van der Waals surface area contributed by atoms with E-state index in [4.69, 9.17) is 9.15 Å². The van der Waals surface area contributed by atoms with E-state index in [0.717, 1.165) is 11.1 Å². The standard InChI is InChI=1S/C24H18O4/c1-15-7-6-10-18(13-15)24(26)28-19-11-12-20-21(14-19)27-16(2)22(23(20)25)17-8-4-3-5-9-17/h3-14H,1-2H3. The molecule has 1 heterocycles. The van der Waals surface area contributed by atoms with Gasteiger partial charge >= 0.3 is 5.97 Å². The van der Waals surface area contributed by atoms with Gasteiger partial charge < -0.3 is 9.15 Å². The third-order valence-corrected chi connectivity index (χ3v) is 4.57. The highest BCUT2D eigenvalue weighted by atomic mass is 16.5. The Morgan fingerprint density at radius 3 is 2.43 bits per heavy atom. The van der Waals surface area contributed by atoms with Gasteiger partial charge in [-0.05, 0) is 43.7 Å². The van der Waals surface area contributed by atoms with Crippen molar-refractivity contribution >= 4 is 16.9 Å².